The number of sulfone groups is 1. The molecule has 2 aromatic heterocycles. The van der Waals surface area contributed by atoms with Gasteiger partial charge in [0.1, 0.15) is 27.3 Å². The monoisotopic (exact) mass is 926 g/mol. The molecule has 0 spiro atoms. The lowest BCUT2D eigenvalue weighted by Gasteiger charge is -2.30. The molecule has 64 heavy (non-hydrogen) atoms. The molecular formula is C46H51ClN8O7S2. The standard InChI is InChI=1S/C46H51ClN8O7S2/c1-27(2)63(58,59)41-12-8-6-10-38(41)50-45-37(47)24-48-46(51-45)49-34-18-16-30(17-19-34)36-21-32(22-39-44(36)54(5)53-52-39)35(23-43(56)57)31-15-14-28(3)33(20-31)26-55-25-29(4)62-40-11-7-9-13-42(40)64(55,60)61/h6-15,20-22,24,27,29-30,34-35H,16-19,23,25-26H2,1-5H3,(H,56,57)(H2,48,49,50,51). The Labute approximate surface area is 378 Å². The van der Waals surface area contributed by atoms with Crippen molar-refractivity contribution < 1.29 is 31.5 Å². The Morgan fingerprint density at radius 2 is 1.73 bits per heavy atom. The molecule has 6 aromatic rings. The van der Waals surface area contributed by atoms with Crippen molar-refractivity contribution in [2.45, 2.75) is 105 Å². The molecule has 2 aliphatic rings. The molecule has 1 fully saturated rings. The number of halogens is 1. The Morgan fingerprint density at radius 3 is 2.48 bits per heavy atom. The minimum Gasteiger partial charge on any atom is -0.488 e. The number of para-hydroxylation sites is 2. The van der Waals surface area contributed by atoms with Crippen molar-refractivity contribution in [3.63, 3.8) is 0 Å². The van der Waals surface area contributed by atoms with Gasteiger partial charge in [-0.3, -0.25) is 4.79 Å². The third kappa shape index (κ3) is 9.16. The molecule has 1 aliphatic heterocycles. The highest BCUT2D eigenvalue weighted by atomic mass is 35.5. The number of nitrogens with one attached hydrogen (secondary N) is 2. The Hall–Kier alpha value is -5.62. The van der Waals surface area contributed by atoms with Gasteiger partial charge in [0.15, 0.2) is 15.7 Å². The van der Waals surface area contributed by atoms with Crippen LogP contribution in [0, 0.1) is 6.92 Å². The number of hydrogen-bond donors (Lipinski definition) is 3. The fraction of sp³-hybridized carbons (Fsp3) is 0.370. The quantitative estimate of drug-likeness (QED) is 0.1000. The molecule has 0 bridgehead atoms. The van der Waals surface area contributed by atoms with Gasteiger partial charge in [-0.05, 0) is 117 Å². The topological polar surface area (TPSA) is 199 Å². The van der Waals surface area contributed by atoms with Crippen molar-refractivity contribution in [3.05, 3.63) is 118 Å². The SMILES string of the molecule is Cc1ccc(C(CC(=O)O)c2cc(C3CCC(Nc4ncc(Cl)c(Nc5ccccc5S(=O)(=O)C(C)C)n4)CC3)c3c(c2)nnn3C)cc1CN1CC(C)Oc2ccccc2S1(=O)=O. The summed E-state index contributed by atoms with van der Waals surface area (Å²) >= 11 is 6.51. The molecule has 0 amide bonds. The fourth-order valence-corrected chi connectivity index (χ4v) is 11.7. The molecule has 0 radical (unpaired) electrons. The summed E-state index contributed by atoms with van der Waals surface area (Å²) in [5, 5.41) is 25.3. The van der Waals surface area contributed by atoms with Crippen LogP contribution in [0.3, 0.4) is 0 Å². The van der Waals surface area contributed by atoms with Crippen LogP contribution in [0.1, 0.15) is 92.5 Å². The van der Waals surface area contributed by atoms with E-state index in [1.165, 1.54) is 10.5 Å². The molecule has 8 rings (SSSR count). The lowest BCUT2D eigenvalue weighted by molar-refractivity contribution is -0.137. The Bertz CT molecular complexity index is 2960. The largest absolute Gasteiger partial charge is 0.488 e. The number of carboxylic acids is 1. The van der Waals surface area contributed by atoms with Crippen LogP contribution in [0.25, 0.3) is 11.0 Å². The maximum Gasteiger partial charge on any atom is 0.304 e. The molecule has 336 valence electrons. The second-order valence-corrected chi connectivity index (χ2v) is 21.8. The number of rotatable bonds is 13. The van der Waals surface area contributed by atoms with E-state index in [9.17, 15) is 26.7 Å². The zero-order valence-electron chi connectivity index (χ0n) is 36.2. The fourth-order valence-electron chi connectivity index (χ4n) is 8.78. The van der Waals surface area contributed by atoms with Crippen molar-refractivity contribution in [2.75, 3.05) is 17.2 Å². The highest BCUT2D eigenvalue weighted by molar-refractivity contribution is 7.92. The van der Waals surface area contributed by atoms with Crippen LogP contribution in [0.2, 0.25) is 5.02 Å². The Kier molecular flexibility index (Phi) is 12.7. The first kappa shape index (κ1) is 45.0. The van der Waals surface area contributed by atoms with Crippen LogP contribution in [0.5, 0.6) is 5.75 Å². The summed E-state index contributed by atoms with van der Waals surface area (Å²) in [6.45, 7) is 7.28. The first-order valence-corrected chi connectivity index (χ1v) is 24.6. The average Bonchev–Trinajstić information content (AvgIpc) is 3.60. The molecule has 3 heterocycles. The number of carboxylic acid groups (broad SMARTS) is 1. The highest BCUT2D eigenvalue weighted by Gasteiger charge is 2.34. The van der Waals surface area contributed by atoms with E-state index < -0.39 is 43.1 Å². The molecule has 4 aromatic carbocycles. The Morgan fingerprint density at radius 1 is 1.00 bits per heavy atom. The van der Waals surface area contributed by atoms with E-state index in [0.717, 1.165) is 59.0 Å². The summed E-state index contributed by atoms with van der Waals surface area (Å²) in [5.74, 6) is -0.463. The number of benzene rings is 4. The number of hydrogen-bond acceptors (Lipinski definition) is 12. The summed E-state index contributed by atoms with van der Waals surface area (Å²) in [7, 11) is -5.63. The van der Waals surface area contributed by atoms with Gasteiger partial charge in [0.05, 0.1) is 40.5 Å². The number of carbonyl (C=O) groups is 1. The van der Waals surface area contributed by atoms with Crippen LogP contribution < -0.4 is 15.4 Å². The van der Waals surface area contributed by atoms with Crippen molar-refractivity contribution >= 4 is 65.9 Å². The zero-order valence-corrected chi connectivity index (χ0v) is 38.6. The molecule has 18 heteroatoms. The maximum atomic E-state index is 14.0. The van der Waals surface area contributed by atoms with E-state index in [4.69, 9.17) is 16.3 Å². The molecule has 15 nitrogen and oxygen atoms in total. The third-order valence-corrected chi connectivity index (χ3v) is 16.6. The van der Waals surface area contributed by atoms with E-state index in [2.05, 4.69) is 37.0 Å². The summed E-state index contributed by atoms with van der Waals surface area (Å²) in [4.78, 5) is 21.9. The normalized spacial score (nSPS) is 19.4. The van der Waals surface area contributed by atoms with E-state index in [0.29, 0.717) is 22.9 Å². The highest BCUT2D eigenvalue weighted by Crippen LogP contribution is 2.41. The first-order valence-electron chi connectivity index (χ1n) is 21.3. The minimum absolute atomic E-state index is 0.0315. The van der Waals surface area contributed by atoms with E-state index in [1.807, 2.05) is 45.2 Å². The summed E-state index contributed by atoms with van der Waals surface area (Å²) in [6.07, 6.45) is 4.06. The van der Waals surface area contributed by atoms with Gasteiger partial charge in [-0.15, -0.1) is 5.10 Å². The van der Waals surface area contributed by atoms with Gasteiger partial charge in [-0.2, -0.15) is 9.29 Å². The predicted molar refractivity (Wildman–Crippen MR) is 246 cm³/mol. The zero-order chi connectivity index (χ0) is 45.5. The summed E-state index contributed by atoms with van der Waals surface area (Å²) < 4.78 is 63.3. The van der Waals surface area contributed by atoms with Gasteiger partial charge < -0.3 is 20.5 Å². The lowest BCUT2D eigenvalue weighted by atomic mass is 9.79. The van der Waals surface area contributed by atoms with Gasteiger partial charge >= 0.3 is 5.97 Å². The number of anilines is 3. The van der Waals surface area contributed by atoms with Crippen molar-refractivity contribution in [1.29, 1.82) is 0 Å². The number of aromatic nitrogens is 5. The van der Waals surface area contributed by atoms with Crippen LogP contribution in [0.15, 0.2) is 94.9 Å². The molecular weight excluding hydrogens is 876 g/mol. The smallest absolute Gasteiger partial charge is 0.304 e. The summed E-state index contributed by atoms with van der Waals surface area (Å²) in [6, 6.07) is 23.1. The number of aliphatic carboxylic acids is 1. The van der Waals surface area contributed by atoms with Gasteiger partial charge in [0.25, 0.3) is 0 Å². The molecule has 1 aliphatic carbocycles. The predicted octanol–water partition coefficient (Wildman–Crippen LogP) is 8.36. The molecule has 0 saturated heterocycles. The van der Waals surface area contributed by atoms with E-state index in [-0.39, 0.29) is 52.1 Å². The molecule has 2 unspecified atom stereocenters. The van der Waals surface area contributed by atoms with Crippen molar-refractivity contribution in [2.24, 2.45) is 7.05 Å². The first-order chi connectivity index (χ1) is 30.5. The number of aryl methyl sites for hydroxylation is 2. The van der Waals surface area contributed by atoms with Crippen molar-refractivity contribution in [3.8, 4) is 5.75 Å². The third-order valence-electron chi connectivity index (χ3n) is 12.2. The van der Waals surface area contributed by atoms with E-state index in [1.54, 1.807) is 67.1 Å². The lowest BCUT2D eigenvalue weighted by Crippen LogP contribution is -2.35. The van der Waals surface area contributed by atoms with Gasteiger partial charge in [-0.1, -0.05) is 65.3 Å². The van der Waals surface area contributed by atoms with Gasteiger partial charge in [0, 0.05) is 25.6 Å². The number of nitrogens with zero attached hydrogens (tertiary/aromatic N) is 6. The van der Waals surface area contributed by atoms with Gasteiger partial charge in [-0.25, -0.2) is 26.5 Å². The van der Waals surface area contributed by atoms with Crippen LogP contribution in [-0.2, 0) is 38.2 Å². The van der Waals surface area contributed by atoms with E-state index >= 15 is 0 Å². The molecule has 1 saturated carbocycles. The van der Waals surface area contributed by atoms with Gasteiger partial charge in [0.2, 0.25) is 16.0 Å². The van der Waals surface area contributed by atoms with Crippen LogP contribution >= 0.6 is 11.6 Å². The number of sulfonamides is 1. The second kappa shape index (κ2) is 18.1. The van der Waals surface area contributed by atoms with Crippen LogP contribution in [-0.4, -0.2) is 81.1 Å². The van der Waals surface area contributed by atoms with Crippen LogP contribution in [0.4, 0.5) is 17.5 Å². The molecule has 2 atom stereocenters. The maximum absolute atomic E-state index is 14.0. The van der Waals surface area contributed by atoms with Crippen molar-refractivity contribution in [1.82, 2.24) is 29.3 Å². The number of fused-ring (bicyclic) bond motifs is 2. The Balaban J connectivity index is 1.03. The second-order valence-electron chi connectivity index (χ2n) is 17.0. The average molecular weight is 928 g/mol. The molecule has 3 N–H and O–H groups in total. The minimum atomic E-state index is -3.90. The number of ether oxygens (including phenoxy) is 1. The summed E-state index contributed by atoms with van der Waals surface area (Å²) in [5.41, 5.74) is 6.15.